The topological polar surface area (TPSA) is 181 Å². The van der Waals surface area contributed by atoms with Crippen LogP contribution >= 0.6 is 11.6 Å². The average Bonchev–Trinajstić information content (AvgIpc) is 3.74. The maximum Gasteiger partial charge on any atom is 0.296 e. The molecule has 63 heavy (non-hydrogen) atoms. The van der Waals surface area contributed by atoms with Gasteiger partial charge in [-0.3, -0.25) is 19.8 Å². The maximum absolute atomic E-state index is 15.5. The van der Waals surface area contributed by atoms with Gasteiger partial charge in [0.1, 0.15) is 22.8 Å². The zero-order valence-electron chi connectivity index (χ0n) is 34.4. The minimum absolute atomic E-state index is 0.0215. The first-order valence-corrected chi connectivity index (χ1v) is 23.0. The number of allylic oxidation sites excluding steroid dienone is 1. The van der Waals surface area contributed by atoms with Crippen molar-refractivity contribution >= 4 is 61.2 Å². The number of aromatic nitrogens is 2. The van der Waals surface area contributed by atoms with Crippen LogP contribution in [-0.4, -0.2) is 99.3 Å². The van der Waals surface area contributed by atoms with Crippen LogP contribution < -0.4 is 19.7 Å². The number of piperazine rings is 1. The van der Waals surface area contributed by atoms with E-state index < -0.39 is 49.0 Å². The molecule has 4 aliphatic rings. The Bertz CT molecular complexity index is 2680. The molecule has 15 nitrogen and oxygen atoms in total. The lowest BCUT2D eigenvalue weighted by atomic mass is 9.59. The normalized spacial score (nSPS) is 19.2. The Morgan fingerprint density at radius 3 is 2.59 bits per heavy atom. The molecule has 1 atom stereocenters. The largest absolute Gasteiger partial charge is 0.455 e. The fraction of sp³-hybridized carbons (Fsp3) is 0.378. The molecule has 1 unspecified atom stereocenters. The highest BCUT2D eigenvalue weighted by molar-refractivity contribution is 7.90. The summed E-state index contributed by atoms with van der Waals surface area (Å²) in [4.78, 5) is 36.3. The van der Waals surface area contributed by atoms with Crippen LogP contribution in [0.5, 0.6) is 11.5 Å². The number of pyridine rings is 1. The Balaban J connectivity index is 0.936. The van der Waals surface area contributed by atoms with Gasteiger partial charge in [0.05, 0.1) is 47.5 Å². The van der Waals surface area contributed by atoms with Crippen LogP contribution in [0.3, 0.4) is 0 Å². The first kappa shape index (κ1) is 42.7. The van der Waals surface area contributed by atoms with E-state index in [-0.39, 0.29) is 24.5 Å². The average molecular weight is 900 g/mol. The van der Waals surface area contributed by atoms with Gasteiger partial charge in [0, 0.05) is 73.7 Å². The molecule has 1 amide bonds. The Kier molecular flexibility index (Phi) is 12.1. The van der Waals surface area contributed by atoms with Crippen molar-refractivity contribution < 1.29 is 36.7 Å². The van der Waals surface area contributed by atoms with Gasteiger partial charge in [-0.1, -0.05) is 35.7 Å². The summed E-state index contributed by atoms with van der Waals surface area (Å²) >= 11 is 6.27. The number of H-pyrrole nitrogens is 1. The molecule has 1 spiro atoms. The van der Waals surface area contributed by atoms with Crippen LogP contribution in [0.25, 0.3) is 16.6 Å². The molecule has 2 saturated heterocycles. The third-order valence-electron chi connectivity index (χ3n) is 12.7. The van der Waals surface area contributed by atoms with Crippen molar-refractivity contribution in [1.29, 1.82) is 0 Å². The Morgan fingerprint density at radius 1 is 1.05 bits per heavy atom. The van der Waals surface area contributed by atoms with Gasteiger partial charge in [0.25, 0.3) is 21.6 Å². The van der Waals surface area contributed by atoms with Gasteiger partial charge in [0.2, 0.25) is 0 Å². The minimum atomic E-state index is -4.84. The fourth-order valence-corrected chi connectivity index (χ4v) is 10.2. The monoisotopic (exact) mass is 899 g/mol. The third kappa shape index (κ3) is 9.38. The maximum atomic E-state index is 15.5. The lowest BCUT2D eigenvalue weighted by molar-refractivity contribution is -0.384. The number of rotatable bonds is 13. The number of benzene rings is 3. The van der Waals surface area contributed by atoms with Gasteiger partial charge in [-0.2, -0.15) is 0 Å². The number of nitrogens with zero attached hydrogens (tertiary/aromatic N) is 4. The highest BCUT2D eigenvalue weighted by Gasteiger charge is 2.41. The first-order chi connectivity index (χ1) is 30.4. The molecule has 330 valence electrons. The molecule has 0 bridgehead atoms. The SMILES string of the molecule is O=C(NS(=O)(=O)c1cc(F)c(NCC2COCCO2)c([N+](=O)[O-])c1)c1ccc(N2CCN(CC3=C(c4ccc(Cl)cc4)CC4(CCC4)CC3)CC2)cc1Oc1cnc2[nH]ccc2c1. The van der Waals surface area contributed by atoms with E-state index in [0.717, 1.165) is 48.6 Å². The van der Waals surface area contributed by atoms with Crippen LogP contribution in [0.4, 0.5) is 21.5 Å². The molecule has 9 rings (SSSR count). The van der Waals surface area contributed by atoms with Gasteiger partial charge in [-0.25, -0.2) is 22.5 Å². The molecule has 3 N–H and O–H groups in total. The van der Waals surface area contributed by atoms with E-state index in [1.807, 2.05) is 22.9 Å². The molecule has 2 aliphatic heterocycles. The van der Waals surface area contributed by atoms with Crippen LogP contribution in [0, 0.1) is 21.3 Å². The number of aromatic amines is 1. The molecular formula is C45H47ClFN7O8S. The summed E-state index contributed by atoms with van der Waals surface area (Å²) in [5.41, 5.74) is 4.53. The standard InChI is InChI=1S/C45H47ClFN7O8S/c46-32-4-2-29(3-5-32)38-24-45(10-1-11-45)12-8-31(38)27-52-14-16-53(17-15-52)33-6-7-37(41(21-33)62-34-20-30-9-13-48-43(30)50-25-34)44(55)51-63(58,59)36-22-39(47)42(40(23-36)54(56)57)49-26-35-28-60-18-19-61-35/h2-7,9,13,20-23,25,35,49H,1,8,10-12,14-19,24,26-28H2,(H,48,50)(H,51,55). The summed E-state index contributed by atoms with van der Waals surface area (Å²) in [5.74, 6) is -1.94. The molecule has 5 aromatic rings. The molecule has 3 fully saturated rings. The molecule has 4 heterocycles. The van der Waals surface area contributed by atoms with Crippen LogP contribution in [-0.2, 0) is 19.5 Å². The number of anilines is 2. The van der Waals surface area contributed by atoms with Crippen LogP contribution in [0.2, 0.25) is 5.02 Å². The number of nitro groups is 1. The van der Waals surface area contributed by atoms with Gasteiger partial charge in [-0.15, -0.1) is 0 Å². The highest BCUT2D eigenvalue weighted by Crippen LogP contribution is 2.55. The second-order valence-electron chi connectivity index (χ2n) is 16.7. The van der Waals surface area contributed by atoms with Crippen molar-refractivity contribution in [3.05, 3.63) is 117 Å². The Labute approximate surface area is 368 Å². The van der Waals surface area contributed by atoms with Crippen molar-refractivity contribution in [2.75, 3.05) is 69.3 Å². The molecule has 3 aromatic carbocycles. The predicted molar refractivity (Wildman–Crippen MR) is 237 cm³/mol. The summed E-state index contributed by atoms with van der Waals surface area (Å²) in [6.45, 7) is 4.76. The van der Waals surface area contributed by atoms with Crippen LogP contribution in [0.15, 0.2) is 89.6 Å². The number of carbonyl (C=O) groups excluding carboxylic acids is 1. The summed E-state index contributed by atoms with van der Waals surface area (Å²) in [5, 5.41) is 16.2. The second kappa shape index (κ2) is 17.9. The number of fused-ring (bicyclic) bond motifs is 1. The number of sulfonamides is 1. The first-order valence-electron chi connectivity index (χ1n) is 21.1. The van der Waals surface area contributed by atoms with E-state index in [2.05, 4.69) is 37.2 Å². The van der Waals surface area contributed by atoms with Crippen molar-refractivity contribution in [3.8, 4) is 11.5 Å². The minimum Gasteiger partial charge on any atom is -0.455 e. The number of amides is 1. The molecule has 0 radical (unpaired) electrons. The predicted octanol–water partition coefficient (Wildman–Crippen LogP) is 7.93. The van der Waals surface area contributed by atoms with E-state index in [4.69, 9.17) is 25.8 Å². The molecule has 2 aromatic heterocycles. The quantitative estimate of drug-likeness (QED) is 0.0768. The lowest BCUT2D eigenvalue weighted by Gasteiger charge is -2.47. The zero-order chi connectivity index (χ0) is 43.7. The van der Waals surface area contributed by atoms with Crippen molar-refractivity contribution in [1.82, 2.24) is 19.6 Å². The van der Waals surface area contributed by atoms with Crippen molar-refractivity contribution in [3.63, 3.8) is 0 Å². The fourth-order valence-electron chi connectivity index (χ4n) is 9.06. The van der Waals surface area contributed by atoms with Gasteiger partial charge >= 0.3 is 0 Å². The second-order valence-corrected chi connectivity index (χ2v) is 18.8. The summed E-state index contributed by atoms with van der Waals surface area (Å²) in [7, 11) is -4.84. The number of hydrogen-bond donors (Lipinski definition) is 3. The molecule has 18 heteroatoms. The number of halogens is 2. The van der Waals surface area contributed by atoms with Crippen LogP contribution in [0.1, 0.15) is 54.4 Å². The number of nitrogens with one attached hydrogen (secondary N) is 3. The lowest BCUT2D eigenvalue weighted by Crippen LogP contribution is -2.47. The summed E-state index contributed by atoms with van der Waals surface area (Å²) in [6.07, 6.45) is 10.0. The smallest absolute Gasteiger partial charge is 0.296 e. The highest BCUT2D eigenvalue weighted by atomic mass is 35.5. The Morgan fingerprint density at radius 2 is 1.86 bits per heavy atom. The molecule has 1 saturated carbocycles. The van der Waals surface area contributed by atoms with E-state index in [1.165, 1.54) is 54.7 Å². The van der Waals surface area contributed by atoms with E-state index in [0.29, 0.717) is 55.2 Å². The molecule has 2 aliphatic carbocycles. The zero-order valence-corrected chi connectivity index (χ0v) is 36.0. The van der Waals surface area contributed by atoms with Gasteiger partial charge in [-0.05, 0) is 91.1 Å². The number of hydrogen-bond acceptors (Lipinski definition) is 12. The number of nitro benzene ring substituents is 1. The summed E-state index contributed by atoms with van der Waals surface area (Å²) < 4.78 is 61.8. The van der Waals surface area contributed by atoms with Gasteiger partial charge < -0.3 is 29.4 Å². The van der Waals surface area contributed by atoms with E-state index in [9.17, 15) is 23.3 Å². The third-order valence-corrected chi connectivity index (χ3v) is 14.2. The summed E-state index contributed by atoms with van der Waals surface area (Å²) in [6, 6.07) is 18.0. The van der Waals surface area contributed by atoms with E-state index in [1.54, 1.807) is 24.4 Å². The Hall–Kier alpha value is -5.59. The van der Waals surface area contributed by atoms with Gasteiger partial charge in [0.15, 0.2) is 5.82 Å². The molecular weight excluding hydrogens is 853 g/mol. The van der Waals surface area contributed by atoms with Crippen molar-refractivity contribution in [2.24, 2.45) is 5.41 Å². The van der Waals surface area contributed by atoms with E-state index >= 15 is 4.39 Å². The number of ether oxygens (including phenoxy) is 3. The number of carbonyl (C=O) groups is 1. The van der Waals surface area contributed by atoms with Crippen molar-refractivity contribution in [2.45, 2.75) is 49.5 Å².